The largest absolute Gasteiger partial charge is 0.421 e. The van der Waals surface area contributed by atoms with Gasteiger partial charge in [-0.15, -0.1) is 21.5 Å². The number of hydrogen-bond donors (Lipinski definition) is 1. The molecule has 0 saturated heterocycles. The summed E-state index contributed by atoms with van der Waals surface area (Å²) in [6.07, 6.45) is 4.51. The number of nitrogens with zero attached hydrogens (tertiary/aromatic N) is 2. The van der Waals surface area contributed by atoms with E-state index in [0.29, 0.717) is 11.8 Å². The lowest BCUT2D eigenvalue weighted by Crippen LogP contribution is -2.17. The van der Waals surface area contributed by atoms with E-state index in [0.717, 1.165) is 38.6 Å². The van der Waals surface area contributed by atoms with Gasteiger partial charge in [0, 0.05) is 12.5 Å². The van der Waals surface area contributed by atoms with Crippen LogP contribution < -0.4 is 5.32 Å². The van der Waals surface area contributed by atoms with E-state index in [1.807, 2.05) is 6.07 Å². The highest BCUT2D eigenvalue weighted by molar-refractivity contribution is 9.12. The van der Waals surface area contributed by atoms with E-state index in [2.05, 4.69) is 47.4 Å². The van der Waals surface area contributed by atoms with Crippen molar-refractivity contribution in [1.82, 2.24) is 15.5 Å². The molecule has 3 rings (SSSR count). The fourth-order valence-electron chi connectivity index (χ4n) is 1.78. The standard InChI is InChI=1S/C12H13Br2N3OS/c13-9-6-8(11(14)19-9)12-17-16-10(18-12)2-1-5-15-7-3-4-7/h6-7,15H,1-5H2. The number of thiophene rings is 1. The summed E-state index contributed by atoms with van der Waals surface area (Å²) >= 11 is 8.55. The monoisotopic (exact) mass is 405 g/mol. The van der Waals surface area contributed by atoms with Crippen LogP contribution in [0.4, 0.5) is 0 Å². The first-order chi connectivity index (χ1) is 9.22. The highest BCUT2D eigenvalue weighted by Crippen LogP contribution is 2.37. The summed E-state index contributed by atoms with van der Waals surface area (Å²) < 4.78 is 7.74. The molecule has 0 aliphatic heterocycles. The van der Waals surface area contributed by atoms with Crippen molar-refractivity contribution in [1.29, 1.82) is 0 Å². The molecular weight excluding hydrogens is 394 g/mol. The minimum absolute atomic E-state index is 0.582. The summed E-state index contributed by atoms with van der Waals surface area (Å²) in [5.74, 6) is 1.29. The molecule has 19 heavy (non-hydrogen) atoms. The van der Waals surface area contributed by atoms with Gasteiger partial charge < -0.3 is 9.73 Å². The molecule has 0 aromatic carbocycles. The average Bonchev–Trinajstić information content (AvgIpc) is 2.98. The van der Waals surface area contributed by atoms with Gasteiger partial charge in [0.05, 0.1) is 13.1 Å². The lowest BCUT2D eigenvalue weighted by Gasteiger charge is -1.99. The SMILES string of the molecule is Brc1cc(-c2nnc(CCCNC3CC3)o2)c(Br)s1. The molecule has 1 saturated carbocycles. The Morgan fingerprint density at radius 1 is 1.37 bits per heavy atom. The zero-order chi connectivity index (χ0) is 13.2. The first kappa shape index (κ1) is 13.7. The molecule has 0 spiro atoms. The number of halogens is 2. The van der Waals surface area contributed by atoms with Crippen molar-refractivity contribution in [3.8, 4) is 11.5 Å². The molecule has 2 aromatic heterocycles. The molecule has 7 heteroatoms. The van der Waals surface area contributed by atoms with Gasteiger partial charge >= 0.3 is 0 Å². The van der Waals surface area contributed by atoms with Crippen molar-refractivity contribution in [2.75, 3.05) is 6.54 Å². The lowest BCUT2D eigenvalue weighted by atomic mass is 10.3. The van der Waals surface area contributed by atoms with Crippen molar-refractivity contribution in [2.45, 2.75) is 31.7 Å². The number of aromatic nitrogens is 2. The number of nitrogens with one attached hydrogen (secondary N) is 1. The van der Waals surface area contributed by atoms with Gasteiger partial charge in [-0.3, -0.25) is 0 Å². The quantitative estimate of drug-likeness (QED) is 0.736. The highest BCUT2D eigenvalue weighted by Gasteiger charge is 2.19. The minimum atomic E-state index is 0.582. The van der Waals surface area contributed by atoms with Gasteiger partial charge in [-0.2, -0.15) is 0 Å². The van der Waals surface area contributed by atoms with Crippen LogP contribution in [0, 0.1) is 0 Å². The topological polar surface area (TPSA) is 51.0 Å². The van der Waals surface area contributed by atoms with E-state index in [-0.39, 0.29) is 0 Å². The van der Waals surface area contributed by atoms with Gasteiger partial charge in [0.1, 0.15) is 0 Å². The number of aryl methyl sites for hydroxylation is 1. The molecule has 1 aliphatic rings. The van der Waals surface area contributed by atoms with Gasteiger partial charge in [-0.1, -0.05) is 0 Å². The molecule has 2 heterocycles. The Labute approximate surface area is 132 Å². The van der Waals surface area contributed by atoms with Gasteiger partial charge in [-0.25, -0.2) is 0 Å². The third-order valence-electron chi connectivity index (χ3n) is 2.93. The Morgan fingerprint density at radius 3 is 2.89 bits per heavy atom. The highest BCUT2D eigenvalue weighted by atomic mass is 79.9. The second-order valence-electron chi connectivity index (χ2n) is 4.57. The summed E-state index contributed by atoms with van der Waals surface area (Å²) in [7, 11) is 0. The van der Waals surface area contributed by atoms with Crippen LogP contribution in [0.1, 0.15) is 25.2 Å². The Bertz CT molecular complexity index is 565. The summed E-state index contributed by atoms with van der Waals surface area (Å²) in [5.41, 5.74) is 0.951. The third kappa shape index (κ3) is 3.65. The molecule has 4 nitrogen and oxygen atoms in total. The van der Waals surface area contributed by atoms with Crippen LogP contribution in [0.15, 0.2) is 18.1 Å². The molecule has 2 aromatic rings. The maximum absolute atomic E-state index is 5.69. The van der Waals surface area contributed by atoms with Crippen molar-refractivity contribution in [3.63, 3.8) is 0 Å². The summed E-state index contributed by atoms with van der Waals surface area (Å²) in [5, 5.41) is 11.7. The molecule has 0 atom stereocenters. The zero-order valence-electron chi connectivity index (χ0n) is 10.2. The van der Waals surface area contributed by atoms with Crippen molar-refractivity contribution in [2.24, 2.45) is 0 Å². The van der Waals surface area contributed by atoms with Gasteiger partial charge in [0.15, 0.2) is 0 Å². The fraction of sp³-hybridized carbons (Fsp3) is 0.500. The summed E-state index contributed by atoms with van der Waals surface area (Å²) in [6.45, 7) is 1.02. The molecule has 1 aliphatic carbocycles. The molecule has 0 bridgehead atoms. The zero-order valence-corrected chi connectivity index (χ0v) is 14.1. The first-order valence-corrected chi connectivity index (χ1v) is 8.63. The lowest BCUT2D eigenvalue weighted by molar-refractivity contribution is 0.491. The van der Waals surface area contributed by atoms with Crippen molar-refractivity contribution >= 4 is 43.2 Å². The summed E-state index contributed by atoms with van der Waals surface area (Å²) in [6, 6.07) is 2.75. The first-order valence-electron chi connectivity index (χ1n) is 6.23. The van der Waals surface area contributed by atoms with Crippen LogP contribution in [0.5, 0.6) is 0 Å². The van der Waals surface area contributed by atoms with Crippen LogP contribution in [0.25, 0.3) is 11.5 Å². The van der Waals surface area contributed by atoms with Crippen LogP contribution in [0.3, 0.4) is 0 Å². The van der Waals surface area contributed by atoms with E-state index >= 15 is 0 Å². The average molecular weight is 407 g/mol. The molecule has 0 amide bonds. The maximum atomic E-state index is 5.69. The van der Waals surface area contributed by atoms with Gasteiger partial charge in [-0.05, 0) is 63.7 Å². The van der Waals surface area contributed by atoms with Crippen molar-refractivity contribution in [3.05, 3.63) is 19.5 Å². The van der Waals surface area contributed by atoms with E-state index in [4.69, 9.17) is 4.42 Å². The second kappa shape index (κ2) is 6.03. The van der Waals surface area contributed by atoms with Crippen LogP contribution in [-0.2, 0) is 6.42 Å². The fourth-order valence-corrected chi connectivity index (χ4v) is 4.56. The van der Waals surface area contributed by atoms with E-state index < -0.39 is 0 Å². The summed E-state index contributed by atoms with van der Waals surface area (Å²) in [4.78, 5) is 0. The molecular formula is C12H13Br2N3OS. The maximum Gasteiger partial charge on any atom is 0.249 e. The Hall–Kier alpha value is -0.240. The minimum Gasteiger partial charge on any atom is -0.421 e. The third-order valence-corrected chi connectivity index (χ3v) is 5.27. The van der Waals surface area contributed by atoms with Crippen LogP contribution >= 0.6 is 43.2 Å². The second-order valence-corrected chi connectivity index (χ2v) is 8.32. The molecule has 0 unspecified atom stereocenters. The Kier molecular flexibility index (Phi) is 4.36. The number of hydrogen-bond acceptors (Lipinski definition) is 5. The molecule has 1 fully saturated rings. The predicted molar refractivity (Wildman–Crippen MR) is 82.4 cm³/mol. The Balaban J connectivity index is 1.57. The molecule has 1 N–H and O–H groups in total. The molecule has 102 valence electrons. The van der Waals surface area contributed by atoms with Crippen LogP contribution in [0.2, 0.25) is 0 Å². The normalized spacial score (nSPS) is 15.1. The smallest absolute Gasteiger partial charge is 0.249 e. The Morgan fingerprint density at radius 2 is 2.21 bits per heavy atom. The van der Waals surface area contributed by atoms with E-state index in [9.17, 15) is 0 Å². The number of rotatable bonds is 6. The van der Waals surface area contributed by atoms with E-state index in [1.54, 1.807) is 11.3 Å². The van der Waals surface area contributed by atoms with E-state index in [1.165, 1.54) is 12.8 Å². The molecule has 0 radical (unpaired) electrons. The van der Waals surface area contributed by atoms with Gasteiger partial charge in [0.25, 0.3) is 0 Å². The van der Waals surface area contributed by atoms with Crippen molar-refractivity contribution < 1.29 is 4.42 Å². The van der Waals surface area contributed by atoms with Crippen LogP contribution in [-0.4, -0.2) is 22.8 Å². The van der Waals surface area contributed by atoms with Gasteiger partial charge in [0.2, 0.25) is 11.8 Å². The predicted octanol–water partition coefficient (Wildman–Crippen LogP) is 4.01.